The summed E-state index contributed by atoms with van der Waals surface area (Å²) in [6.45, 7) is 2.33. The SMILES string of the molecule is Cc1ncc(CNC(=O)c2cc(Cl)ncc2Cl)s1. The molecule has 0 fully saturated rings. The highest BCUT2D eigenvalue weighted by Crippen LogP contribution is 2.18. The second-order valence-corrected chi connectivity index (χ2v) is 5.63. The number of aryl methyl sites for hydroxylation is 1. The first-order valence-corrected chi connectivity index (χ1v) is 6.64. The Morgan fingerprint density at radius 1 is 1.39 bits per heavy atom. The maximum Gasteiger partial charge on any atom is 0.253 e. The third kappa shape index (κ3) is 3.19. The molecule has 2 heterocycles. The van der Waals surface area contributed by atoms with Gasteiger partial charge >= 0.3 is 0 Å². The topological polar surface area (TPSA) is 54.9 Å². The molecule has 0 atom stereocenters. The Labute approximate surface area is 118 Å². The number of aromatic nitrogens is 2. The number of rotatable bonds is 3. The zero-order chi connectivity index (χ0) is 13.1. The van der Waals surface area contributed by atoms with Crippen molar-refractivity contribution < 1.29 is 4.79 Å². The van der Waals surface area contributed by atoms with Crippen molar-refractivity contribution in [3.63, 3.8) is 0 Å². The molecule has 0 aromatic carbocycles. The number of amides is 1. The van der Waals surface area contributed by atoms with E-state index < -0.39 is 0 Å². The van der Waals surface area contributed by atoms with Gasteiger partial charge in [0.15, 0.2) is 0 Å². The van der Waals surface area contributed by atoms with E-state index in [4.69, 9.17) is 23.2 Å². The first kappa shape index (κ1) is 13.3. The first-order chi connectivity index (χ1) is 8.56. The number of hydrogen-bond donors (Lipinski definition) is 1. The predicted octanol–water partition coefficient (Wildman–Crippen LogP) is 3.08. The van der Waals surface area contributed by atoms with Crippen LogP contribution >= 0.6 is 34.5 Å². The van der Waals surface area contributed by atoms with Gasteiger partial charge in [-0.15, -0.1) is 11.3 Å². The molecular weight excluding hydrogens is 293 g/mol. The third-order valence-electron chi connectivity index (χ3n) is 2.16. The van der Waals surface area contributed by atoms with Crippen molar-refractivity contribution in [3.8, 4) is 0 Å². The molecule has 0 aliphatic heterocycles. The van der Waals surface area contributed by atoms with Gasteiger partial charge in [0.05, 0.1) is 22.1 Å². The molecule has 2 rings (SSSR count). The lowest BCUT2D eigenvalue weighted by molar-refractivity contribution is 0.0951. The second-order valence-electron chi connectivity index (χ2n) is 3.52. The highest BCUT2D eigenvalue weighted by molar-refractivity contribution is 7.11. The minimum Gasteiger partial charge on any atom is -0.347 e. The van der Waals surface area contributed by atoms with Crippen LogP contribution in [0.4, 0.5) is 0 Å². The first-order valence-electron chi connectivity index (χ1n) is 5.07. The van der Waals surface area contributed by atoms with Gasteiger partial charge in [0.25, 0.3) is 5.91 Å². The largest absolute Gasteiger partial charge is 0.347 e. The van der Waals surface area contributed by atoms with E-state index in [1.807, 2.05) is 6.92 Å². The number of nitrogens with one attached hydrogen (secondary N) is 1. The molecule has 2 aromatic heterocycles. The number of halogens is 2. The number of carbonyl (C=O) groups is 1. The van der Waals surface area contributed by atoms with Crippen LogP contribution in [0.25, 0.3) is 0 Å². The molecule has 0 spiro atoms. The van der Waals surface area contributed by atoms with Crippen LogP contribution in [0.15, 0.2) is 18.5 Å². The average molecular weight is 302 g/mol. The molecule has 0 unspecified atom stereocenters. The number of nitrogens with zero attached hydrogens (tertiary/aromatic N) is 2. The van der Waals surface area contributed by atoms with E-state index in [1.54, 1.807) is 6.20 Å². The fraction of sp³-hybridized carbons (Fsp3) is 0.182. The second kappa shape index (κ2) is 5.65. The number of hydrogen-bond acceptors (Lipinski definition) is 4. The minimum absolute atomic E-state index is 0.234. The normalized spacial score (nSPS) is 10.4. The fourth-order valence-corrected chi connectivity index (χ4v) is 2.42. The van der Waals surface area contributed by atoms with Crippen LogP contribution < -0.4 is 5.32 Å². The molecule has 94 valence electrons. The monoisotopic (exact) mass is 301 g/mol. The van der Waals surface area contributed by atoms with Gasteiger partial charge in [0.1, 0.15) is 5.15 Å². The summed E-state index contributed by atoms with van der Waals surface area (Å²) in [5.74, 6) is -0.282. The standard InChI is InChI=1S/C11H9Cl2N3OS/c1-6-14-3-7(18-6)4-16-11(17)8-2-10(13)15-5-9(8)12/h2-3,5H,4H2,1H3,(H,16,17). The molecule has 0 aliphatic rings. The lowest BCUT2D eigenvalue weighted by Crippen LogP contribution is -2.22. The highest BCUT2D eigenvalue weighted by atomic mass is 35.5. The zero-order valence-electron chi connectivity index (χ0n) is 9.41. The van der Waals surface area contributed by atoms with Crippen LogP contribution in [0.1, 0.15) is 20.2 Å². The van der Waals surface area contributed by atoms with E-state index in [1.165, 1.54) is 23.6 Å². The van der Waals surface area contributed by atoms with Crippen LogP contribution in [-0.4, -0.2) is 15.9 Å². The lowest BCUT2D eigenvalue weighted by Gasteiger charge is -2.05. The van der Waals surface area contributed by atoms with Crippen LogP contribution in [0.5, 0.6) is 0 Å². The molecule has 0 bridgehead atoms. The van der Waals surface area contributed by atoms with Crippen molar-refractivity contribution in [1.29, 1.82) is 0 Å². The summed E-state index contributed by atoms with van der Waals surface area (Å²) in [6.07, 6.45) is 3.09. The van der Waals surface area contributed by atoms with Crippen LogP contribution in [0.2, 0.25) is 10.2 Å². The van der Waals surface area contributed by atoms with E-state index in [9.17, 15) is 4.79 Å². The van der Waals surface area contributed by atoms with E-state index in [2.05, 4.69) is 15.3 Å². The van der Waals surface area contributed by atoms with E-state index >= 15 is 0 Å². The molecule has 1 N–H and O–H groups in total. The number of pyridine rings is 1. The zero-order valence-corrected chi connectivity index (χ0v) is 11.7. The Kier molecular flexibility index (Phi) is 4.16. The summed E-state index contributed by atoms with van der Waals surface area (Å²) in [5.41, 5.74) is 0.318. The molecule has 0 aliphatic carbocycles. The average Bonchev–Trinajstić information content (AvgIpc) is 2.75. The molecule has 0 saturated carbocycles. The van der Waals surface area contributed by atoms with Gasteiger partial charge in [-0.2, -0.15) is 0 Å². The molecule has 18 heavy (non-hydrogen) atoms. The van der Waals surface area contributed by atoms with E-state index in [-0.39, 0.29) is 16.1 Å². The highest BCUT2D eigenvalue weighted by Gasteiger charge is 2.11. The van der Waals surface area contributed by atoms with Crippen LogP contribution in [0, 0.1) is 6.92 Å². The summed E-state index contributed by atoms with van der Waals surface area (Å²) < 4.78 is 0. The van der Waals surface area contributed by atoms with Crippen molar-refractivity contribution in [2.24, 2.45) is 0 Å². The molecule has 4 nitrogen and oxygen atoms in total. The minimum atomic E-state index is -0.282. The van der Waals surface area contributed by atoms with Gasteiger partial charge in [-0.3, -0.25) is 4.79 Å². The van der Waals surface area contributed by atoms with E-state index in [0.717, 1.165) is 9.88 Å². The summed E-state index contributed by atoms with van der Waals surface area (Å²) in [4.78, 5) is 20.8. The Hall–Kier alpha value is -1.17. The van der Waals surface area contributed by atoms with Crippen molar-refractivity contribution >= 4 is 40.4 Å². The van der Waals surface area contributed by atoms with Crippen molar-refractivity contribution in [1.82, 2.24) is 15.3 Å². The smallest absolute Gasteiger partial charge is 0.253 e. The Morgan fingerprint density at radius 3 is 2.83 bits per heavy atom. The molecular formula is C11H9Cl2N3OS. The van der Waals surface area contributed by atoms with Crippen molar-refractivity contribution in [2.45, 2.75) is 13.5 Å². The van der Waals surface area contributed by atoms with Crippen LogP contribution in [-0.2, 0) is 6.54 Å². The predicted molar refractivity (Wildman–Crippen MR) is 72.3 cm³/mol. The van der Waals surface area contributed by atoms with Gasteiger partial charge in [-0.25, -0.2) is 9.97 Å². The van der Waals surface area contributed by atoms with E-state index in [0.29, 0.717) is 12.1 Å². The van der Waals surface area contributed by atoms with Gasteiger partial charge < -0.3 is 5.32 Å². The summed E-state index contributed by atoms with van der Waals surface area (Å²) >= 11 is 13.1. The number of thiazole rings is 1. The molecule has 2 aromatic rings. The van der Waals surface area contributed by atoms with Gasteiger partial charge in [0, 0.05) is 17.3 Å². The lowest BCUT2D eigenvalue weighted by atomic mass is 10.2. The summed E-state index contributed by atoms with van der Waals surface area (Å²) in [6, 6.07) is 1.44. The molecule has 0 saturated heterocycles. The molecule has 0 radical (unpaired) electrons. The number of carbonyl (C=O) groups excluding carboxylic acids is 1. The summed E-state index contributed by atoms with van der Waals surface area (Å²) in [7, 11) is 0. The quantitative estimate of drug-likeness (QED) is 0.886. The Balaban J connectivity index is 2.05. The Morgan fingerprint density at radius 2 is 2.17 bits per heavy atom. The van der Waals surface area contributed by atoms with Gasteiger partial charge in [-0.1, -0.05) is 23.2 Å². The summed E-state index contributed by atoms with van der Waals surface area (Å²) in [5, 5.41) is 4.23. The van der Waals surface area contributed by atoms with Gasteiger partial charge in [-0.05, 0) is 13.0 Å². The third-order valence-corrected chi connectivity index (χ3v) is 3.58. The maximum absolute atomic E-state index is 11.9. The maximum atomic E-state index is 11.9. The molecule has 7 heteroatoms. The van der Waals surface area contributed by atoms with Gasteiger partial charge in [0.2, 0.25) is 0 Å². The Bertz CT molecular complexity index is 585. The van der Waals surface area contributed by atoms with Crippen molar-refractivity contribution in [2.75, 3.05) is 0 Å². The van der Waals surface area contributed by atoms with Crippen LogP contribution in [0.3, 0.4) is 0 Å². The van der Waals surface area contributed by atoms with Crippen molar-refractivity contribution in [3.05, 3.63) is 44.1 Å². The molecule has 1 amide bonds. The fourth-order valence-electron chi connectivity index (χ4n) is 1.34.